The van der Waals surface area contributed by atoms with Gasteiger partial charge in [-0.15, -0.1) is 0 Å². The Hall–Kier alpha value is -0.760. The second kappa shape index (κ2) is 5.70. The predicted molar refractivity (Wildman–Crippen MR) is 71.3 cm³/mol. The van der Waals surface area contributed by atoms with Crippen LogP contribution < -0.4 is 4.90 Å². The van der Waals surface area contributed by atoms with Gasteiger partial charge in [0.05, 0.1) is 4.90 Å². The highest BCUT2D eigenvalue weighted by Gasteiger charge is 2.46. The Morgan fingerprint density at radius 1 is 1.26 bits per heavy atom. The second-order valence-corrected chi connectivity index (χ2v) is 7.61. The SMILES string of the molecule is CC(Br)CN(C)c1ccc(S(=O)(=O)C(F)(F)F)cc1. The Bertz CT molecular complexity index is 526. The minimum atomic E-state index is -5.27. The molecular formula is C11H13BrF3NO2S. The zero-order valence-corrected chi connectivity index (χ0v) is 12.7. The Morgan fingerprint density at radius 3 is 2.11 bits per heavy atom. The lowest BCUT2D eigenvalue weighted by Gasteiger charge is -2.21. The van der Waals surface area contributed by atoms with Crippen molar-refractivity contribution in [2.75, 3.05) is 18.5 Å². The van der Waals surface area contributed by atoms with Crippen molar-refractivity contribution in [3.8, 4) is 0 Å². The minimum absolute atomic E-state index is 0.205. The summed E-state index contributed by atoms with van der Waals surface area (Å²) in [7, 11) is -3.50. The molecule has 1 rings (SSSR count). The van der Waals surface area contributed by atoms with Gasteiger partial charge in [-0.2, -0.15) is 13.2 Å². The molecule has 0 saturated carbocycles. The number of sulfone groups is 1. The Kier molecular flexibility index (Phi) is 4.89. The van der Waals surface area contributed by atoms with Gasteiger partial charge in [-0.05, 0) is 24.3 Å². The van der Waals surface area contributed by atoms with Crippen LogP contribution in [0.15, 0.2) is 29.2 Å². The quantitative estimate of drug-likeness (QED) is 0.774. The van der Waals surface area contributed by atoms with E-state index in [2.05, 4.69) is 15.9 Å². The standard InChI is InChI=1S/C11H13BrF3NO2S/c1-8(12)7-16(2)9-3-5-10(6-4-9)19(17,18)11(13,14)15/h3-6,8H,7H2,1-2H3. The summed E-state index contributed by atoms with van der Waals surface area (Å²) >= 11 is 3.36. The lowest BCUT2D eigenvalue weighted by atomic mass is 10.3. The summed E-state index contributed by atoms with van der Waals surface area (Å²) in [5, 5.41) is 0. The number of anilines is 1. The first-order valence-corrected chi connectivity index (χ1v) is 7.72. The lowest BCUT2D eigenvalue weighted by Crippen LogP contribution is -2.25. The highest BCUT2D eigenvalue weighted by molar-refractivity contribution is 9.09. The van der Waals surface area contributed by atoms with E-state index >= 15 is 0 Å². The normalized spacial score (nSPS) is 14.2. The van der Waals surface area contributed by atoms with Crippen molar-refractivity contribution < 1.29 is 21.6 Å². The third-order valence-electron chi connectivity index (χ3n) is 2.42. The molecule has 0 saturated heterocycles. The number of rotatable bonds is 4. The van der Waals surface area contributed by atoms with E-state index in [1.165, 1.54) is 12.1 Å². The first-order chi connectivity index (χ1) is 8.55. The molecule has 0 aromatic heterocycles. The summed E-state index contributed by atoms with van der Waals surface area (Å²) in [5.74, 6) is 0. The van der Waals surface area contributed by atoms with Gasteiger partial charge >= 0.3 is 5.51 Å². The molecule has 8 heteroatoms. The van der Waals surface area contributed by atoms with Crippen molar-refractivity contribution in [3.63, 3.8) is 0 Å². The van der Waals surface area contributed by atoms with E-state index in [4.69, 9.17) is 0 Å². The molecule has 1 aromatic carbocycles. The second-order valence-electron chi connectivity index (χ2n) is 4.10. The van der Waals surface area contributed by atoms with Gasteiger partial charge in [-0.3, -0.25) is 0 Å². The minimum Gasteiger partial charge on any atom is -0.373 e. The third kappa shape index (κ3) is 3.85. The first kappa shape index (κ1) is 16.3. The lowest BCUT2D eigenvalue weighted by molar-refractivity contribution is -0.0436. The average molecular weight is 360 g/mol. The molecule has 108 valence electrons. The molecule has 3 nitrogen and oxygen atoms in total. The fourth-order valence-corrected chi connectivity index (χ4v) is 2.69. The van der Waals surface area contributed by atoms with Crippen LogP contribution in [0.25, 0.3) is 0 Å². The molecule has 1 aromatic rings. The van der Waals surface area contributed by atoms with Crippen molar-refractivity contribution >= 4 is 31.5 Å². The van der Waals surface area contributed by atoms with Gasteiger partial charge in [0.25, 0.3) is 9.84 Å². The van der Waals surface area contributed by atoms with Crippen molar-refractivity contribution in [3.05, 3.63) is 24.3 Å². The van der Waals surface area contributed by atoms with Gasteiger partial charge in [0.15, 0.2) is 0 Å². The highest BCUT2D eigenvalue weighted by Crippen LogP contribution is 2.31. The molecule has 0 aliphatic heterocycles. The highest BCUT2D eigenvalue weighted by atomic mass is 79.9. The molecule has 1 unspecified atom stereocenters. The summed E-state index contributed by atoms with van der Waals surface area (Å²) in [6.45, 7) is 2.57. The smallest absolute Gasteiger partial charge is 0.373 e. The van der Waals surface area contributed by atoms with Crippen LogP contribution in [0.5, 0.6) is 0 Å². The third-order valence-corrected chi connectivity index (χ3v) is 4.21. The summed E-state index contributed by atoms with van der Waals surface area (Å²) in [5.41, 5.74) is -4.63. The fourth-order valence-electron chi connectivity index (χ4n) is 1.50. The van der Waals surface area contributed by atoms with Crippen molar-refractivity contribution in [1.29, 1.82) is 0 Å². The van der Waals surface area contributed by atoms with E-state index in [-0.39, 0.29) is 4.83 Å². The van der Waals surface area contributed by atoms with Gasteiger partial charge in [0.1, 0.15) is 0 Å². The molecule has 19 heavy (non-hydrogen) atoms. The number of halogens is 4. The topological polar surface area (TPSA) is 37.4 Å². The number of hydrogen-bond acceptors (Lipinski definition) is 3. The number of hydrogen-bond donors (Lipinski definition) is 0. The maximum Gasteiger partial charge on any atom is 0.501 e. The van der Waals surface area contributed by atoms with Gasteiger partial charge in [0, 0.05) is 24.1 Å². The largest absolute Gasteiger partial charge is 0.501 e. The molecule has 0 spiro atoms. The Labute approximate surface area is 118 Å². The molecule has 0 amide bonds. The summed E-state index contributed by atoms with van der Waals surface area (Å²) in [4.78, 5) is 1.27. The molecule has 0 aliphatic carbocycles. The molecule has 0 radical (unpaired) electrons. The van der Waals surface area contributed by atoms with E-state index in [0.717, 1.165) is 12.1 Å². The van der Waals surface area contributed by atoms with Crippen LogP contribution in [-0.4, -0.2) is 32.3 Å². The fraction of sp³-hybridized carbons (Fsp3) is 0.455. The van der Waals surface area contributed by atoms with E-state index < -0.39 is 20.2 Å². The van der Waals surface area contributed by atoms with E-state index in [1.807, 2.05) is 11.8 Å². The average Bonchev–Trinajstić information content (AvgIpc) is 2.26. The molecule has 0 fully saturated rings. The molecule has 1 atom stereocenters. The zero-order valence-electron chi connectivity index (χ0n) is 10.3. The van der Waals surface area contributed by atoms with Crippen molar-refractivity contribution in [2.24, 2.45) is 0 Å². The van der Waals surface area contributed by atoms with Crippen molar-refractivity contribution in [1.82, 2.24) is 0 Å². The van der Waals surface area contributed by atoms with Gasteiger partial charge in [-0.1, -0.05) is 22.9 Å². The summed E-state index contributed by atoms with van der Waals surface area (Å²) < 4.78 is 59.4. The van der Waals surface area contributed by atoms with Gasteiger partial charge < -0.3 is 4.90 Å². The van der Waals surface area contributed by atoms with Crippen molar-refractivity contribution in [2.45, 2.75) is 22.2 Å². The summed E-state index contributed by atoms with van der Waals surface area (Å²) in [6, 6.07) is 4.64. The zero-order chi connectivity index (χ0) is 14.8. The van der Waals surface area contributed by atoms with Crippen LogP contribution in [-0.2, 0) is 9.84 Å². The van der Waals surface area contributed by atoms with Crippen LogP contribution in [0.3, 0.4) is 0 Å². The number of benzene rings is 1. The Balaban J connectivity index is 3.01. The van der Waals surface area contributed by atoms with Crippen LogP contribution in [0.1, 0.15) is 6.92 Å². The molecule has 0 aliphatic rings. The maximum absolute atomic E-state index is 12.3. The van der Waals surface area contributed by atoms with Crippen LogP contribution in [0, 0.1) is 0 Å². The number of alkyl halides is 4. The monoisotopic (exact) mass is 359 g/mol. The van der Waals surface area contributed by atoms with E-state index in [9.17, 15) is 21.6 Å². The van der Waals surface area contributed by atoms with Crippen LogP contribution in [0.2, 0.25) is 0 Å². The molecule has 0 heterocycles. The molecule has 0 bridgehead atoms. The maximum atomic E-state index is 12.3. The van der Waals surface area contributed by atoms with Crippen LogP contribution in [0.4, 0.5) is 18.9 Å². The van der Waals surface area contributed by atoms with E-state index in [1.54, 1.807) is 7.05 Å². The Morgan fingerprint density at radius 2 is 1.74 bits per heavy atom. The number of nitrogens with zero attached hydrogens (tertiary/aromatic N) is 1. The molecule has 0 N–H and O–H groups in total. The summed E-state index contributed by atoms with van der Waals surface area (Å²) in [6.07, 6.45) is 0. The van der Waals surface area contributed by atoms with Gasteiger partial charge in [-0.25, -0.2) is 8.42 Å². The predicted octanol–water partition coefficient (Wildman–Crippen LogP) is 3.20. The van der Waals surface area contributed by atoms with Gasteiger partial charge in [0.2, 0.25) is 0 Å². The first-order valence-electron chi connectivity index (χ1n) is 5.32. The van der Waals surface area contributed by atoms with Crippen LogP contribution >= 0.6 is 15.9 Å². The molecular weight excluding hydrogens is 347 g/mol. The van der Waals surface area contributed by atoms with E-state index in [0.29, 0.717) is 12.2 Å².